The van der Waals surface area contributed by atoms with Gasteiger partial charge in [0.2, 0.25) is 0 Å². The van der Waals surface area contributed by atoms with Crippen molar-refractivity contribution in [2.24, 2.45) is 5.92 Å². The van der Waals surface area contributed by atoms with Crippen LogP contribution >= 0.6 is 0 Å². The van der Waals surface area contributed by atoms with E-state index in [1.165, 1.54) is 19.3 Å². The van der Waals surface area contributed by atoms with Gasteiger partial charge in [-0.15, -0.1) is 0 Å². The first-order valence-corrected chi connectivity index (χ1v) is 11.0. The van der Waals surface area contributed by atoms with Gasteiger partial charge >= 0.3 is 5.97 Å². The third-order valence-electron chi connectivity index (χ3n) is 6.06. The van der Waals surface area contributed by atoms with Gasteiger partial charge in [-0.2, -0.15) is 0 Å². The van der Waals surface area contributed by atoms with Crippen molar-refractivity contribution >= 4 is 23.4 Å². The molecule has 1 aliphatic heterocycles. The number of rotatable bonds is 7. The molecule has 0 aromatic carbocycles. The predicted octanol–water partition coefficient (Wildman–Crippen LogP) is 3.37. The van der Waals surface area contributed by atoms with Crippen LogP contribution < -0.4 is 16.0 Å². The molecule has 7 nitrogen and oxygen atoms in total. The Balaban J connectivity index is 1.80. The third kappa shape index (κ3) is 5.61. The Bertz CT molecular complexity index is 731. The Morgan fingerprint density at radius 2 is 2.00 bits per heavy atom. The van der Waals surface area contributed by atoms with E-state index in [1.807, 2.05) is 0 Å². The molecule has 1 aromatic rings. The van der Waals surface area contributed by atoms with E-state index in [9.17, 15) is 9.59 Å². The number of carboxylic acids is 1. The molecule has 1 amide bonds. The number of aromatic nitrogens is 1. The Morgan fingerprint density at radius 1 is 1.24 bits per heavy atom. The third-order valence-corrected chi connectivity index (χ3v) is 6.06. The highest BCUT2D eigenvalue weighted by Gasteiger charge is 2.26. The number of nitrogens with one attached hydrogen (secondary N) is 1. The minimum Gasteiger partial charge on any atom is -0.481 e. The molecule has 0 spiro atoms. The SMILES string of the molecule is CCCc1nc(N2CCC[C@@H](CC(=O)O)C2)c(N)cc1C(=O)NC1CCCCC1. The van der Waals surface area contributed by atoms with Crippen LogP contribution in [0.2, 0.25) is 0 Å². The van der Waals surface area contributed by atoms with E-state index in [2.05, 4.69) is 17.1 Å². The van der Waals surface area contributed by atoms with Crippen molar-refractivity contribution in [1.29, 1.82) is 0 Å². The van der Waals surface area contributed by atoms with Gasteiger partial charge in [-0.05, 0) is 44.1 Å². The maximum Gasteiger partial charge on any atom is 0.303 e. The van der Waals surface area contributed by atoms with Crippen LogP contribution in [-0.4, -0.2) is 41.1 Å². The van der Waals surface area contributed by atoms with Crippen LogP contribution in [0.3, 0.4) is 0 Å². The van der Waals surface area contributed by atoms with Crippen LogP contribution in [0.1, 0.15) is 80.8 Å². The Kier molecular flexibility index (Phi) is 7.34. The number of nitrogen functional groups attached to an aromatic ring is 1. The number of carbonyl (C=O) groups is 2. The quantitative estimate of drug-likeness (QED) is 0.645. The van der Waals surface area contributed by atoms with Crippen LogP contribution in [0, 0.1) is 5.92 Å². The topological polar surface area (TPSA) is 109 Å². The van der Waals surface area contributed by atoms with E-state index in [0.29, 0.717) is 30.0 Å². The number of hydrogen-bond donors (Lipinski definition) is 3. The Hall–Kier alpha value is -2.31. The Morgan fingerprint density at radius 3 is 2.69 bits per heavy atom. The molecular weight excluding hydrogens is 368 g/mol. The Labute approximate surface area is 173 Å². The average molecular weight is 403 g/mol. The maximum atomic E-state index is 12.9. The number of anilines is 2. The fourth-order valence-electron chi connectivity index (χ4n) is 4.61. The highest BCUT2D eigenvalue weighted by Crippen LogP contribution is 2.30. The van der Waals surface area contributed by atoms with Crippen molar-refractivity contribution in [3.8, 4) is 0 Å². The first-order valence-electron chi connectivity index (χ1n) is 11.0. The number of carboxylic acid groups (broad SMARTS) is 1. The standard InChI is InChI=1S/C22H34N4O3/c1-2-7-19-17(22(29)24-16-9-4-3-5-10-16)13-18(23)21(25-19)26-11-6-8-15(14-26)12-20(27)28/h13,15-16H,2-12,14,23H2,1H3,(H,24,29)(H,27,28)/t15-/m0/s1. The summed E-state index contributed by atoms with van der Waals surface area (Å²) >= 11 is 0. The molecule has 0 unspecified atom stereocenters. The van der Waals surface area contributed by atoms with Crippen molar-refractivity contribution in [1.82, 2.24) is 10.3 Å². The van der Waals surface area contributed by atoms with Gasteiger partial charge in [0, 0.05) is 25.6 Å². The lowest BCUT2D eigenvalue weighted by molar-refractivity contribution is -0.138. The van der Waals surface area contributed by atoms with Crippen LogP contribution in [-0.2, 0) is 11.2 Å². The van der Waals surface area contributed by atoms with Gasteiger partial charge in [0.15, 0.2) is 5.82 Å². The van der Waals surface area contributed by atoms with E-state index >= 15 is 0 Å². The molecule has 7 heteroatoms. The number of carbonyl (C=O) groups excluding carboxylic acids is 1. The van der Waals surface area contributed by atoms with E-state index in [0.717, 1.165) is 44.3 Å². The zero-order valence-electron chi connectivity index (χ0n) is 17.5. The molecular formula is C22H34N4O3. The smallest absolute Gasteiger partial charge is 0.303 e. The fraction of sp³-hybridized carbons (Fsp3) is 0.682. The van der Waals surface area contributed by atoms with E-state index in [1.54, 1.807) is 6.07 Å². The summed E-state index contributed by atoms with van der Waals surface area (Å²) in [6.07, 6.45) is 9.25. The molecule has 2 heterocycles. The predicted molar refractivity (Wildman–Crippen MR) is 114 cm³/mol. The van der Waals surface area contributed by atoms with Gasteiger partial charge < -0.3 is 21.1 Å². The van der Waals surface area contributed by atoms with Gasteiger partial charge in [0.1, 0.15) is 0 Å². The summed E-state index contributed by atoms with van der Waals surface area (Å²) in [6.45, 7) is 3.53. The minimum atomic E-state index is -0.765. The van der Waals surface area contributed by atoms with Crippen molar-refractivity contribution in [3.05, 3.63) is 17.3 Å². The molecule has 4 N–H and O–H groups in total. The number of hydrogen-bond acceptors (Lipinski definition) is 5. The molecule has 0 bridgehead atoms. The first kappa shape index (κ1) is 21.4. The number of nitrogens with zero attached hydrogens (tertiary/aromatic N) is 2. The molecule has 1 saturated carbocycles. The van der Waals surface area contributed by atoms with Gasteiger partial charge in [0.05, 0.1) is 16.9 Å². The second-order valence-corrected chi connectivity index (χ2v) is 8.51. The van der Waals surface area contributed by atoms with Crippen molar-refractivity contribution in [2.45, 2.75) is 77.2 Å². The van der Waals surface area contributed by atoms with Crippen molar-refractivity contribution in [2.75, 3.05) is 23.7 Å². The number of piperidine rings is 1. The zero-order valence-corrected chi connectivity index (χ0v) is 17.5. The lowest BCUT2D eigenvalue weighted by Crippen LogP contribution is -2.38. The highest BCUT2D eigenvalue weighted by molar-refractivity contribution is 5.97. The molecule has 2 fully saturated rings. The first-order chi connectivity index (χ1) is 14.0. The summed E-state index contributed by atoms with van der Waals surface area (Å²) in [7, 11) is 0. The summed E-state index contributed by atoms with van der Waals surface area (Å²) in [5.74, 6) is -0.0446. The molecule has 3 rings (SSSR count). The maximum absolute atomic E-state index is 12.9. The van der Waals surface area contributed by atoms with Crippen LogP contribution in [0.5, 0.6) is 0 Å². The van der Waals surface area contributed by atoms with Crippen LogP contribution in [0.15, 0.2) is 6.07 Å². The number of aryl methyl sites for hydroxylation is 1. The molecule has 2 aliphatic rings. The van der Waals surface area contributed by atoms with Gasteiger partial charge in [-0.25, -0.2) is 4.98 Å². The summed E-state index contributed by atoms with van der Waals surface area (Å²) in [4.78, 5) is 30.9. The second kappa shape index (κ2) is 9.94. The number of nitrogens with two attached hydrogens (primary N) is 1. The number of pyridine rings is 1. The zero-order chi connectivity index (χ0) is 20.8. The van der Waals surface area contributed by atoms with E-state index in [-0.39, 0.29) is 24.3 Å². The van der Waals surface area contributed by atoms with Crippen molar-refractivity contribution in [3.63, 3.8) is 0 Å². The number of aliphatic carboxylic acids is 1. The molecule has 0 radical (unpaired) electrons. The molecule has 29 heavy (non-hydrogen) atoms. The van der Waals surface area contributed by atoms with Gasteiger partial charge in [-0.3, -0.25) is 9.59 Å². The van der Waals surface area contributed by atoms with Gasteiger partial charge in [-0.1, -0.05) is 32.6 Å². The molecule has 1 aliphatic carbocycles. The normalized spacial score (nSPS) is 20.4. The van der Waals surface area contributed by atoms with Gasteiger partial charge in [0.25, 0.3) is 5.91 Å². The number of amides is 1. The summed E-state index contributed by atoms with van der Waals surface area (Å²) in [5.41, 5.74) is 8.19. The highest BCUT2D eigenvalue weighted by atomic mass is 16.4. The summed E-state index contributed by atoms with van der Waals surface area (Å²) in [6, 6.07) is 2.01. The van der Waals surface area contributed by atoms with Crippen molar-refractivity contribution < 1.29 is 14.7 Å². The van der Waals surface area contributed by atoms with E-state index in [4.69, 9.17) is 15.8 Å². The molecule has 1 aromatic heterocycles. The molecule has 1 atom stereocenters. The van der Waals surface area contributed by atoms with Crippen LogP contribution in [0.25, 0.3) is 0 Å². The molecule has 1 saturated heterocycles. The second-order valence-electron chi connectivity index (χ2n) is 8.51. The summed E-state index contributed by atoms with van der Waals surface area (Å²) in [5, 5.41) is 12.3. The summed E-state index contributed by atoms with van der Waals surface area (Å²) < 4.78 is 0. The lowest BCUT2D eigenvalue weighted by atomic mass is 9.94. The monoisotopic (exact) mass is 402 g/mol. The largest absolute Gasteiger partial charge is 0.481 e. The average Bonchev–Trinajstić information content (AvgIpc) is 2.69. The minimum absolute atomic E-state index is 0.0755. The van der Waals surface area contributed by atoms with E-state index < -0.39 is 5.97 Å². The lowest BCUT2D eigenvalue weighted by Gasteiger charge is -2.34. The fourth-order valence-corrected chi connectivity index (χ4v) is 4.61. The van der Waals surface area contributed by atoms with Crippen LogP contribution in [0.4, 0.5) is 11.5 Å². The molecule has 160 valence electrons.